The Morgan fingerprint density at radius 2 is 1.61 bits per heavy atom. The second kappa shape index (κ2) is 12.4. The molecular weight excluding hydrogens is 422 g/mol. The van der Waals surface area contributed by atoms with Gasteiger partial charge in [-0.1, -0.05) is 29.8 Å². The zero-order valence-electron chi connectivity index (χ0n) is 17.7. The first-order valence-corrected chi connectivity index (χ1v) is 10.3. The molecule has 0 saturated carbocycles. The number of hydrogen-bond acceptors (Lipinski definition) is 6. The van der Waals surface area contributed by atoms with E-state index in [4.69, 9.17) is 25.8 Å². The number of carbonyl (C=O) groups excluding carboxylic acids is 2. The van der Waals surface area contributed by atoms with E-state index in [1.165, 1.54) is 6.21 Å². The van der Waals surface area contributed by atoms with Gasteiger partial charge >= 0.3 is 0 Å². The molecule has 2 aromatic carbocycles. The van der Waals surface area contributed by atoms with E-state index in [1.807, 2.05) is 20.8 Å². The highest BCUT2D eigenvalue weighted by atomic mass is 35.5. The Morgan fingerprint density at radius 1 is 1.00 bits per heavy atom. The summed E-state index contributed by atoms with van der Waals surface area (Å²) >= 11 is 6.02. The Balaban J connectivity index is 2.03. The van der Waals surface area contributed by atoms with Crippen molar-refractivity contribution in [3.8, 4) is 17.2 Å². The Morgan fingerprint density at radius 3 is 2.19 bits per heavy atom. The molecular formula is C22H26ClN3O5. The second-order valence-corrected chi connectivity index (χ2v) is 6.51. The second-order valence-electron chi connectivity index (χ2n) is 6.10. The van der Waals surface area contributed by atoms with Crippen LogP contribution < -0.4 is 25.0 Å². The smallest absolute Gasteiger partial charge is 0.259 e. The van der Waals surface area contributed by atoms with Crippen LogP contribution in [0.2, 0.25) is 5.02 Å². The maximum Gasteiger partial charge on any atom is 0.259 e. The lowest BCUT2D eigenvalue weighted by atomic mass is 10.1. The molecule has 0 heterocycles. The number of rotatable bonds is 11. The molecule has 0 saturated heterocycles. The van der Waals surface area contributed by atoms with E-state index in [9.17, 15) is 9.59 Å². The van der Waals surface area contributed by atoms with E-state index in [-0.39, 0.29) is 12.1 Å². The van der Waals surface area contributed by atoms with Gasteiger partial charge in [-0.15, -0.1) is 0 Å². The normalized spacial score (nSPS) is 10.6. The number of nitrogens with zero attached hydrogens (tertiary/aromatic N) is 1. The number of ether oxygens (including phenoxy) is 3. The van der Waals surface area contributed by atoms with Crippen molar-refractivity contribution in [2.75, 3.05) is 26.4 Å². The lowest BCUT2D eigenvalue weighted by molar-refractivity contribution is -0.120. The predicted octanol–water partition coefficient (Wildman–Crippen LogP) is 3.42. The highest BCUT2D eigenvalue weighted by Crippen LogP contribution is 2.39. The van der Waals surface area contributed by atoms with E-state index < -0.39 is 11.8 Å². The van der Waals surface area contributed by atoms with Crippen molar-refractivity contribution in [2.45, 2.75) is 20.8 Å². The van der Waals surface area contributed by atoms with Gasteiger partial charge in [0.2, 0.25) is 5.75 Å². The maximum atomic E-state index is 12.6. The first-order valence-electron chi connectivity index (χ1n) is 9.91. The van der Waals surface area contributed by atoms with Gasteiger partial charge in [-0.2, -0.15) is 5.10 Å². The summed E-state index contributed by atoms with van der Waals surface area (Å²) in [5.41, 5.74) is 3.28. The van der Waals surface area contributed by atoms with Crippen molar-refractivity contribution in [2.24, 2.45) is 5.10 Å². The first-order chi connectivity index (χ1) is 15.0. The molecule has 2 amide bonds. The zero-order valence-corrected chi connectivity index (χ0v) is 18.5. The van der Waals surface area contributed by atoms with E-state index in [1.54, 1.807) is 36.4 Å². The molecule has 0 unspecified atom stereocenters. The molecule has 2 N–H and O–H groups in total. The Labute approximate surface area is 186 Å². The number of amides is 2. The summed E-state index contributed by atoms with van der Waals surface area (Å²) in [4.78, 5) is 24.6. The molecule has 9 heteroatoms. The number of nitrogens with one attached hydrogen (secondary N) is 2. The Hall–Kier alpha value is -3.26. The molecule has 8 nitrogen and oxygen atoms in total. The van der Waals surface area contributed by atoms with Crippen molar-refractivity contribution >= 4 is 29.6 Å². The molecule has 31 heavy (non-hydrogen) atoms. The highest BCUT2D eigenvalue weighted by Gasteiger charge is 2.18. The van der Waals surface area contributed by atoms with Gasteiger partial charge in [0.1, 0.15) is 0 Å². The highest BCUT2D eigenvalue weighted by molar-refractivity contribution is 6.33. The number of carbonyl (C=O) groups is 2. The minimum atomic E-state index is -0.488. The van der Waals surface area contributed by atoms with E-state index >= 15 is 0 Å². The van der Waals surface area contributed by atoms with Crippen LogP contribution in [0.4, 0.5) is 0 Å². The SMILES string of the molecule is CCOc1cc(C(=O)NCC(=O)N/N=C/c2ccccc2Cl)cc(OCC)c1OCC. The lowest BCUT2D eigenvalue weighted by Gasteiger charge is -2.17. The number of benzene rings is 2. The third kappa shape index (κ3) is 7.18. The first kappa shape index (κ1) is 24.0. The standard InChI is InChI=1S/C22H26ClN3O5/c1-4-29-18-11-16(12-19(30-5-2)21(18)31-6-3)22(28)24-14-20(27)26-25-13-15-9-7-8-10-17(15)23/h7-13H,4-6,14H2,1-3H3,(H,24,28)(H,26,27)/b25-13+. The maximum absolute atomic E-state index is 12.6. The van der Waals surface area contributed by atoms with E-state index in [2.05, 4.69) is 15.8 Å². The summed E-state index contributed by atoms with van der Waals surface area (Å²) in [5.74, 6) is 0.283. The Bertz CT molecular complexity index is 906. The Kier molecular flexibility index (Phi) is 9.64. The van der Waals surface area contributed by atoms with Crippen LogP contribution in [0.15, 0.2) is 41.5 Å². The summed E-state index contributed by atoms with van der Waals surface area (Å²) in [6.45, 7) is 6.44. The van der Waals surface area contributed by atoms with E-state index in [0.29, 0.717) is 47.7 Å². The minimum absolute atomic E-state index is 0.264. The predicted molar refractivity (Wildman–Crippen MR) is 119 cm³/mol. The van der Waals surface area contributed by atoms with Crippen molar-refractivity contribution in [3.63, 3.8) is 0 Å². The van der Waals surface area contributed by atoms with Crippen LogP contribution in [0.25, 0.3) is 0 Å². The third-order valence-corrected chi connectivity index (χ3v) is 4.22. The van der Waals surface area contributed by atoms with Gasteiger partial charge in [-0.25, -0.2) is 5.43 Å². The molecule has 0 atom stereocenters. The fourth-order valence-electron chi connectivity index (χ4n) is 2.58. The molecule has 2 aromatic rings. The average Bonchev–Trinajstić information content (AvgIpc) is 2.75. The van der Waals surface area contributed by atoms with Crippen molar-refractivity contribution in [3.05, 3.63) is 52.5 Å². The van der Waals surface area contributed by atoms with Crippen LogP contribution in [0.3, 0.4) is 0 Å². The monoisotopic (exact) mass is 447 g/mol. The minimum Gasteiger partial charge on any atom is -0.490 e. The lowest BCUT2D eigenvalue weighted by Crippen LogP contribution is -2.35. The largest absolute Gasteiger partial charge is 0.490 e. The molecule has 0 radical (unpaired) electrons. The summed E-state index contributed by atoms with van der Waals surface area (Å²) in [7, 11) is 0. The van der Waals surface area contributed by atoms with Gasteiger partial charge in [0, 0.05) is 16.1 Å². The number of halogens is 1. The summed E-state index contributed by atoms with van der Waals surface area (Å²) in [6, 6.07) is 10.2. The summed E-state index contributed by atoms with van der Waals surface area (Å²) in [6.07, 6.45) is 1.43. The zero-order chi connectivity index (χ0) is 22.6. The van der Waals surface area contributed by atoms with Gasteiger partial charge < -0.3 is 19.5 Å². The fourth-order valence-corrected chi connectivity index (χ4v) is 2.76. The van der Waals surface area contributed by atoms with Crippen LogP contribution in [0, 0.1) is 0 Å². The molecule has 2 rings (SSSR count). The molecule has 166 valence electrons. The van der Waals surface area contributed by atoms with Gasteiger partial charge in [0.05, 0.1) is 32.6 Å². The van der Waals surface area contributed by atoms with Crippen molar-refractivity contribution in [1.82, 2.24) is 10.7 Å². The fraction of sp³-hybridized carbons (Fsp3) is 0.318. The van der Waals surface area contributed by atoms with Gasteiger partial charge in [0.25, 0.3) is 11.8 Å². The number of hydrogen-bond donors (Lipinski definition) is 2. The number of hydrazone groups is 1. The molecule has 0 aromatic heterocycles. The molecule has 0 bridgehead atoms. The molecule has 0 fully saturated rings. The van der Waals surface area contributed by atoms with Crippen molar-refractivity contribution in [1.29, 1.82) is 0 Å². The topological polar surface area (TPSA) is 98.2 Å². The van der Waals surface area contributed by atoms with Crippen LogP contribution in [0.5, 0.6) is 17.2 Å². The van der Waals surface area contributed by atoms with Gasteiger partial charge in [0.15, 0.2) is 11.5 Å². The summed E-state index contributed by atoms with van der Waals surface area (Å²) in [5, 5.41) is 6.90. The van der Waals surface area contributed by atoms with Gasteiger partial charge in [-0.05, 0) is 39.0 Å². The van der Waals surface area contributed by atoms with Crippen LogP contribution in [-0.2, 0) is 4.79 Å². The van der Waals surface area contributed by atoms with Crippen LogP contribution in [-0.4, -0.2) is 44.4 Å². The molecule has 0 spiro atoms. The van der Waals surface area contributed by atoms with Crippen molar-refractivity contribution < 1.29 is 23.8 Å². The summed E-state index contributed by atoms with van der Waals surface area (Å²) < 4.78 is 16.8. The quantitative estimate of drug-likeness (QED) is 0.406. The average molecular weight is 448 g/mol. The van der Waals surface area contributed by atoms with Gasteiger partial charge in [-0.3, -0.25) is 9.59 Å². The van der Waals surface area contributed by atoms with Crippen LogP contribution in [0.1, 0.15) is 36.7 Å². The molecule has 0 aliphatic heterocycles. The van der Waals surface area contributed by atoms with Crippen LogP contribution >= 0.6 is 11.6 Å². The third-order valence-electron chi connectivity index (χ3n) is 3.88. The molecule has 0 aliphatic carbocycles. The molecule has 0 aliphatic rings. The van der Waals surface area contributed by atoms with E-state index in [0.717, 1.165) is 0 Å².